The Balaban J connectivity index is 1.60. The largest absolute Gasteiger partial charge is 0.372 e. The van der Waals surface area contributed by atoms with Crippen molar-refractivity contribution < 1.29 is 4.79 Å². The molecule has 2 saturated heterocycles. The van der Waals surface area contributed by atoms with Crippen LogP contribution < -0.4 is 10.6 Å². The van der Waals surface area contributed by atoms with E-state index in [2.05, 4.69) is 25.5 Å². The molecule has 6 heteroatoms. The maximum atomic E-state index is 12.7. The van der Waals surface area contributed by atoms with E-state index in [9.17, 15) is 4.79 Å². The van der Waals surface area contributed by atoms with E-state index in [1.54, 1.807) is 12.4 Å². The van der Waals surface area contributed by atoms with Gasteiger partial charge in [-0.25, -0.2) is 4.98 Å². The molecule has 0 unspecified atom stereocenters. The summed E-state index contributed by atoms with van der Waals surface area (Å²) in [6.45, 7) is 3.72. The minimum absolute atomic E-state index is 0.222. The third-order valence-electron chi connectivity index (χ3n) is 5.01. The fourth-order valence-corrected chi connectivity index (χ4v) is 3.76. The van der Waals surface area contributed by atoms with Gasteiger partial charge in [-0.3, -0.25) is 9.78 Å². The molecule has 0 radical (unpaired) electrons. The van der Waals surface area contributed by atoms with E-state index < -0.39 is 0 Å². The van der Waals surface area contributed by atoms with E-state index in [0.29, 0.717) is 11.8 Å². The fourth-order valence-electron chi connectivity index (χ4n) is 3.76. The first-order chi connectivity index (χ1) is 11.3. The number of carbonyl (C=O) groups is 1. The van der Waals surface area contributed by atoms with Crippen LogP contribution in [0.5, 0.6) is 0 Å². The van der Waals surface area contributed by atoms with Crippen molar-refractivity contribution >= 4 is 11.7 Å². The summed E-state index contributed by atoms with van der Waals surface area (Å²) in [5.74, 6) is 1.93. The number of hydrogen-bond acceptors (Lipinski definition) is 5. The van der Waals surface area contributed by atoms with Gasteiger partial charge in [0.25, 0.3) is 0 Å². The average Bonchev–Trinajstić information content (AvgIpc) is 2.62. The van der Waals surface area contributed by atoms with Gasteiger partial charge in [0.1, 0.15) is 5.82 Å². The monoisotopic (exact) mass is 317 g/mol. The highest BCUT2D eigenvalue weighted by molar-refractivity contribution is 5.79. The van der Waals surface area contributed by atoms with Crippen LogP contribution in [0, 0.1) is 11.8 Å². The molecular formula is C17H27N5O. The van der Waals surface area contributed by atoms with Gasteiger partial charge in [-0.1, -0.05) is 0 Å². The van der Waals surface area contributed by atoms with Crippen LogP contribution in [0.4, 0.5) is 5.82 Å². The van der Waals surface area contributed by atoms with Crippen molar-refractivity contribution in [1.29, 1.82) is 0 Å². The molecule has 2 aliphatic heterocycles. The summed E-state index contributed by atoms with van der Waals surface area (Å²) in [7, 11) is 1.88. The number of rotatable bonds is 4. The molecule has 126 valence electrons. The molecule has 1 aromatic rings. The number of amides is 1. The summed E-state index contributed by atoms with van der Waals surface area (Å²) in [6, 6.07) is 0. The molecule has 23 heavy (non-hydrogen) atoms. The Kier molecular flexibility index (Phi) is 5.43. The van der Waals surface area contributed by atoms with Crippen molar-refractivity contribution in [3.05, 3.63) is 18.1 Å². The van der Waals surface area contributed by atoms with Crippen LogP contribution >= 0.6 is 0 Å². The Morgan fingerprint density at radius 2 is 2.09 bits per heavy atom. The molecule has 1 aromatic heterocycles. The quantitative estimate of drug-likeness (QED) is 0.876. The van der Waals surface area contributed by atoms with Crippen molar-refractivity contribution in [3.63, 3.8) is 0 Å². The molecule has 0 spiro atoms. The van der Waals surface area contributed by atoms with Gasteiger partial charge in [0.2, 0.25) is 5.91 Å². The molecule has 1 amide bonds. The predicted octanol–water partition coefficient (Wildman–Crippen LogP) is 1.30. The van der Waals surface area contributed by atoms with Crippen LogP contribution in [-0.2, 0) is 11.2 Å². The standard InChI is InChI=1S/C17H27N5O/c1-18-16-15(20-8-9-21-16)11-13-3-2-10-22(12-13)17(23)14-4-6-19-7-5-14/h8-9,13-14,19H,2-7,10-12H2,1H3,(H,18,21)/t13-/m0/s1. The summed E-state index contributed by atoms with van der Waals surface area (Å²) >= 11 is 0. The Bertz CT molecular complexity index is 529. The first kappa shape index (κ1) is 16.2. The summed E-state index contributed by atoms with van der Waals surface area (Å²) in [5, 5.41) is 6.44. The maximum absolute atomic E-state index is 12.7. The summed E-state index contributed by atoms with van der Waals surface area (Å²) in [4.78, 5) is 23.6. The smallest absolute Gasteiger partial charge is 0.225 e. The van der Waals surface area contributed by atoms with Gasteiger partial charge in [0.15, 0.2) is 0 Å². The number of hydrogen-bond donors (Lipinski definition) is 2. The zero-order valence-electron chi connectivity index (χ0n) is 13.9. The number of nitrogens with zero attached hydrogens (tertiary/aromatic N) is 3. The van der Waals surface area contributed by atoms with Crippen LogP contribution in [0.15, 0.2) is 12.4 Å². The number of likely N-dealkylation sites (tertiary alicyclic amines) is 1. The van der Waals surface area contributed by atoms with E-state index in [-0.39, 0.29) is 5.92 Å². The molecule has 6 nitrogen and oxygen atoms in total. The van der Waals surface area contributed by atoms with Gasteiger partial charge in [0, 0.05) is 38.4 Å². The molecule has 2 fully saturated rings. The summed E-state index contributed by atoms with van der Waals surface area (Å²) in [6.07, 6.45) is 8.56. The molecular weight excluding hydrogens is 290 g/mol. The second-order valence-electron chi connectivity index (χ2n) is 6.62. The van der Waals surface area contributed by atoms with E-state index in [1.807, 2.05) is 7.05 Å². The van der Waals surface area contributed by atoms with E-state index in [0.717, 1.165) is 69.8 Å². The second kappa shape index (κ2) is 7.73. The average molecular weight is 317 g/mol. The fraction of sp³-hybridized carbons (Fsp3) is 0.706. The summed E-state index contributed by atoms with van der Waals surface area (Å²) < 4.78 is 0. The normalized spacial score (nSPS) is 22.8. The third-order valence-corrected chi connectivity index (χ3v) is 5.01. The van der Waals surface area contributed by atoms with Gasteiger partial charge >= 0.3 is 0 Å². The highest BCUT2D eigenvalue weighted by atomic mass is 16.2. The van der Waals surface area contributed by atoms with E-state index in [1.165, 1.54) is 0 Å². The highest BCUT2D eigenvalue weighted by Gasteiger charge is 2.30. The Morgan fingerprint density at radius 1 is 1.30 bits per heavy atom. The molecule has 2 N–H and O–H groups in total. The SMILES string of the molecule is CNc1nccnc1C[C@@H]1CCCN(C(=O)C2CCNCC2)C1. The highest BCUT2D eigenvalue weighted by Crippen LogP contribution is 2.25. The minimum atomic E-state index is 0.222. The van der Waals surface area contributed by atoms with Crippen LogP contribution in [0.2, 0.25) is 0 Å². The zero-order chi connectivity index (χ0) is 16.1. The maximum Gasteiger partial charge on any atom is 0.225 e. The predicted molar refractivity (Wildman–Crippen MR) is 90.2 cm³/mol. The topological polar surface area (TPSA) is 70.2 Å². The van der Waals surface area contributed by atoms with Crippen LogP contribution in [0.3, 0.4) is 0 Å². The molecule has 0 aliphatic carbocycles. The molecule has 3 heterocycles. The molecule has 1 atom stereocenters. The van der Waals surface area contributed by atoms with Gasteiger partial charge in [0.05, 0.1) is 5.69 Å². The minimum Gasteiger partial charge on any atom is -0.372 e. The molecule has 0 bridgehead atoms. The van der Waals surface area contributed by atoms with Gasteiger partial charge in [-0.05, 0) is 51.1 Å². The van der Waals surface area contributed by atoms with Gasteiger partial charge in [-0.15, -0.1) is 0 Å². The first-order valence-corrected chi connectivity index (χ1v) is 8.75. The van der Waals surface area contributed by atoms with E-state index >= 15 is 0 Å². The van der Waals surface area contributed by atoms with Crippen LogP contribution in [0.25, 0.3) is 0 Å². The Hall–Kier alpha value is -1.69. The zero-order valence-corrected chi connectivity index (χ0v) is 13.9. The van der Waals surface area contributed by atoms with Crippen molar-refractivity contribution in [1.82, 2.24) is 20.2 Å². The number of aromatic nitrogens is 2. The van der Waals surface area contributed by atoms with Crippen LogP contribution in [0.1, 0.15) is 31.4 Å². The Morgan fingerprint density at radius 3 is 2.87 bits per heavy atom. The number of anilines is 1. The van der Waals surface area contributed by atoms with Gasteiger partial charge < -0.3 is 15.5 Å². The van der Waals surface area contributed by atoms with Crippen molar-refractivity contribution in [3.8, 4) is 0 Å². The van der Waals surface area contributed by atoms with Crippen molar-refractivity contribution in [2.24, 2.45) is 11.8 Å². The lowest BCUT2D eigenvalue weighted by atomic mass is 9.90. The number of nitrogens with one attached hydrogen (secondary N) is 2. The lowest BCUT2D eigenvalue weighted by Gasteiger charge is -2.36. The number of piperidine rings is 2. The lowest BCUT2D eigenvalue weighted by Crippen LogP contribution is -2.45. The molecule has 2 aliphatic rings. The second-order valence-corrected chi connectivity index (χ2v) is 6.62. The first-order valence-electron chi connectivity index (χ1n) is 8.75. The van der Waals surface area contributed by atoms with Crippen molar-refractivity contribution in [2.45, 2.75) is 32.1 Å². The third kappa shape index (κ3) is 3.99. The summed E-state index contributed by atoms with van der Waals surface area (Å²) in [5.41, 5.74) is 1.01. The van der Waals surface area contributed by atoms with Crippen molar-refractivity contribution in [2.75, 3.05) is 38.5 Å². The van der Waals surface area contributed by atoms with E-state index in [4.69, 9.17) is 0 Å². The van der Waals surface area contributed by atoms with Crippen LogP contribution in [-0.4, -0.2) is 54.0 Å². The van der Waals surface area contributed by atoms with Gasteiger partial charge in [-0.2, -0.15) is 0 Å². The molecule has 0 aromatic carbocycles. The Labute approximate surface area is 138 Å². The molecule has 3 rings (SSSR count). The molecule has 0 saturated carbocycles. The lowest BCUT2D eigenvalue weighted by molar-refractivity contribution is -0.138. The number of carbonyl (C=O) groups excluding carboxylic acids is 1.